The van der Waals surface area contributed by atoms with Gasteiger partial charge in [0.05, 0.1) is 12.4 Å². The Bertz CT molecular complexity index is 536. The molecule has 5 heteroatoms. The van der Waals surface area contributed by atoms with E-state index in [1.807, 2.05) is 29.9 Å². The van der Waals surface area contributed by atoms with Crippen molar-refractivity contribution < 1.29 is 4.74 Å². The van der Waals surface area contributed by atoms with Crippen LogP contribution in [-0.2, 0) is 13.1 Å². The molecule has 0 spiro atoms. The zero-order chi connectivity index (χ0) is 14.4. The maximum absolute atomic E-state index is 5.82. The lowest BCUT2D eigenvalue weighted by atomic mass is 10.2. The third-order valence-corrected chi connectivity index (χ3v) is 2.87. The van der Waals surface area contributed by atoms with E-state index in [1.54, 1.807) is 12.4 Å². The van der Waals surface area contributed by atoms with Gasteiger partial charge in [-0.2, -0.15) is 5.10 Å². The summed E-state index contributed by atoms with van der Waals surface area (Å²) < 4.78 is 7.64. The molecule has 0 aliphatic heterocycles. The topological polar surface area (TPSA) is 52.0 Å². The van der Waals surface area contributed by atoms with E-state index < -0.39 is 0 Å². The summed E-state index contributed by atoms with van der Waals surface area (Å²) in [6, 6.07) is 3.95. The number of hydrogen-bond donors (Lipinski definition) is 1. The standard InChI is InChI=1S/C15H22N4O/c1-4-19-11-14(10-18-19)20-15-13(6-5-7-17-15)9-16-8-12(2)3/h5-7,10-12,16H,4,8-9H2,1-3H3. The van der Waals surface area contributed by atoms with Crippen molar-refractivity contribution >= 4 is 0 Å². The minimum atomic E-state index is 0.624. The summed E-state index contributed by atoms with van der Waals surface area (Å²) in [5, 5.41) is 7.60. The first kappa shape index (κ1) is 14.5. The molecule has 0 amide bonds. The molecule has 0 aliphatic carbocycles. The first-order valence-corrected chi connectivity index (χ1v) is 7.04. The number of ether oxygens (including phenoxy) is 1. The Morgan fingerprint density at radius 2 is 2.25 bits per heavy atom. The molecule has 2 rings (SSSR count). The van der Waals surface area contributed by atoms with Crippen LogP contribution in [0.5, 0.6) is 11.6 Å². The summed E-state index contributed by atoms with van der Waals surface area (Å²) in [6.07, 6.45) is 5.33. The highest BCUT2D eigenvalue weighted by atomic mass is 16.5. The Balaban J connectivity index is 2.03. The van der Waals surface area contributed by atoms with E-state index in [9.17, 15) is 0 Å². The zero-order valence-corrected chi connectivity index (χ0v) is 12.3. The van der Waals surface area contributed by atoms with Crippen LogP contribution in [0.4, 0.5) is 0 Å². The van der Waals surface area contributed by atoms with E-state index in [2.05, 4.69) is 29.2 Å². The molecule has 0 atom stereocenters. The van der Waals surface area contributed by atoms with Crippen molar-refractivity contribution in [1.29, 1.82) is 0 Å². The van der Waals surface area contributed by atoms with Crippen LogP contribution >= 0.6 is 0 Å². The van der Waals surface area contributed by atoms with Crippen LogP contribution in [0, 0.1) is 5.92 Å². The van der Waals surface area contributed by atoms with Gasteiger partial charge in [-0.3, -0.25) is 4.68 Å². The molecule has 0 saturated carbocycles. The lowest BCUT2D eigenvalue weighted by molar-refractivity contribution is 0.449. The Morgan fingerprint density at radius 1 is 1.40 bits per heavy atom. The molecule has 1 N–H and O–H groups in total. The lowest BCUT2D eigenvalue weighted by Gasteiger charge is -2.10. The van der Waals surface area contributed by atoms with Gasteiger partial charge in [0, 0.05) is 24.8 Å². The van der Waals surface area contributed by atoms with Gasteiger partial charge in [-0.25, -0.2) is 4.98 Å². The smallest absolute Gasteiger partial charge is 0.223 e. The van der Waals surface area contributed by atoms with Crippen LogP contribution < -0.4 is 10.1 Å². The Labute approximate surface area is 120 Å². The molecular weight excluding hydrogens is 252 g/mol. The fourth-order valence-corrected chi connectivity index (χ4v) is 1.83. The molecule has 0 fully saturated rings. The first-order valence-electron chi connectivity index (χ1n) is 7.04. The van der Waals surface area contributed by atoms with E-state index in [-0.39, 0.29) is 0 Å². The molecule has 5 nitrogen and oxygen atoms in total. The quantitative estimate of drug-likeness (QED) is 0.843. The second-order valence-electron chi connectivity index (χ2n) is 5.13. The van der Waals surface area contributed by atoms with Crippen molar-refractivity contribution in [2.24, 2.45) is 5.92 Å². The lowest BCUT2D eigenvalue weighted by Crippen LogP contribution is -2.19. The maximum Gasteiger partial charge on any atom is 0.223 e. The van der Waals surface area contributed by atoms with Gasteiger partial charge < -0.3 is 10.1 Å². The van der Waals surface area contributed by atoms with E-state index in [0.29, 0.717) is 11.8 Å². The van der Waals surface area contributed by atoms with Gasteiger partial charge in [0.2, 0.25) is 5.88 Å². The number of aromatic nitrogens is 3. The molecule has 0 saturated heterocycles. The van der Waals surface area contributed by atoms with Crippen molar-refractivity contribution in [3.63, 3.8) is 0 Å². The van der Waals surface area contributed by atoms with Gasteiger partial charge in [-0.05, 0) is 25.5 Å². The van der Waals surface area contributed by atoms with Crippen molar-refractivity contribution in [1.82, 2.24) is 20.1 Å². The summed E-state index contributed by atoms with van der Waals surface area (Å²) in [5.74, 6) is 1.98. The second-order valence-corrected chi connectivity index (χ2v) is 5.13. The highest BCUT2D eigenvalue weighted by Gasteiger charge is 2.07. The molecule has 2 heterocycles. The van der Waals surface area contributed by atoms with Gasteiger partial charge in [0.15, 0.2) is 5.75 Å². The minimum Gasteiger partial charge on any atom is -0.435 e. The Morgan fingerprint density at radius 3 is 2.95 bits per heavy atom. The van der Waals surface area contributed by atoms with Crippen LogP contribution in [-0.4, -0.2) is 21.3 Å². The van der Waals surface area contributed by atoms with Crippen molar-refractivity contribution in [2.45, 2.75) is 33.9 Å². The van der Waals surface area contributed by atoms with Gasteiger partial charge in [0.25, 0.3) is 0 Å². The third-order valence-electron chi connectivity index (χ3n) is 2.87. The maximum atomic E-state index is 5.82. The predicted octanol–water partition coefficient (Wildman–Crippen LogP) is 2.84. The number of aryl methyl sites for hydroxylation is 1. The number of rotatable bonds is 7. The molecule has 20 heavy (non-hydrogen) atoms. The van der Waals surface area contributed by atoms with Gasteiger partial charge in [0.1, 0.15) is 0 Å². The third kappa shape index (κ3) is 4.06. The fraction of sp³-hybridized carbons (Fsp3) is 0.467. The van der Waals surface area contributed by atoms with Crippen LogP contribution in [0.25, 0.3) is 0 Å². The summed E-state index contributed by atoms with van der Waals surface area (Å²) in [4.78, 5) is 4.31. The molecule has 0 aromatic carbocycles. The van der Waals surface area contributed by atoms with Crippen molar-refractivity contribution in [3.05, 3.63) is 36.3 Å². The molecule has 0 radical (unpaired) electrons. The number of hydrogen-bond acceptors (Lipinski definition) is 4. The van der Waals surface area contributed by atoms with Crippen LogP contribution in [0.2, 0.25) is 0 Å². The van der Waals surface area contributed by atoms with E-state index in [0.717, 1.165) is 30.9 Å². The Kier molecular flexibility index (Phi) is 5.12. The summed E-state index contributed by atoms with van der Waals surface area (Å²) in [5.41, 5.74) is 1.05. The zero-order valence-electron chi connectivity index (χ0n) is 12.3. The molecule has 0 aliphatic rings. The van der Waals surface area contributed by atoms with Gasteiger partial charge in [-0.15, -0.1) is 0 Å². The van der Waals surface area contributed by atoms with Crippen LogP contribution in [0.15, 0.2) is 30.7 Å². The van der Waals surface area contributed by atoms with E-state index in [1.165, 1.54) is 0 Å². The second kappa shape index (κ2) is 7.05. The molecular formula is C15H22N4O. The highest BCUT2D eigenvalue weighted by molar-refractivity contribution is 5.30. The Hall–Kier alpha value is -1.88. The van der Waals surface area contributed by atoms with Gasteiger partial charge >= 0.3 is 0 Å². The van der Waals surface area contributed by atoms with Gasteiger partial charge in [-0.1, -0.05) is 19.9 Å². The van der Waals surface area contributed by atoms with E-state index >= 15 is 0 Å². The fourth-order valence-electron chi connectivity index (χ4n) is 1.83. The number of nitrogens with zero attached hydrogens (tertiary/aromatic N) is 3. The number of pyridine rings is 1. The van der Waals surface area contributed by atoms with Crippen LogP contribution in [0.1, 0.15) is 26.3 Å². The number of nitrogens with one attached hydrogen (secondary N) is 1. The summed E-state index contributed by atoms with van der Waals surface area (Å²) in [6.45, 7) is 8.97. The summed E-state index contributed by atoms with van der Waals surface area (Å²) >= 11 is 0. The average Bonchev–Trinajstić information content (AvgIpc) is 2.88. The van der Waals surface area contributed by atoms with Crippen LogP contribution in [0.3, 0.4) is 0 Å². The molecule has 108 valence electrons. The largest absolute Gasteiger partial charge is 0.435 e. The first-order chi connectivity index (χ1) is 9.69. The molecule has 0 bridgehead atoms. The highest BCUT2D eigenvalue weighted by Crippen LogP contribution is 2.22. The summed E-state index contributed by atoms with van der Waals surface area (Å²) in [7, 11) is 0. The minimum absolute atomic E-state index is 0.624. The average molecular weight is 274 g/mol. The monoisotopic (exact) mass is 274 g/mol. The molecule has 2 aromatic heterocycles. The molecule has 2 aromatic rings. The normalized spacial score (nSPS) is 11.0. The van der Waals surface area contributed by atoms with E-state index in [4.69, 9.17) is 4.74 Å². The predicted molar refractivity (Wildman–Crippen MR) is 78.8 cm³/mol. The van der Waals surface area contributed by atoms with Crippen molar-refractivity contribution in [2.75, 3.05) is 6.54 Å². The molecule has 0 unspecified atom stereocenters. The SMILES string of the molecule is CCn1cc(Oc2ncccc2CNCC(C)C)cn1. The van der Waals surface area contributed by atoms with Crippen molar-refractivity contribution in [3.8, 4) is 11.6 Å².